The van der Waals surface area contributed by atoms with Crippen molar-refractivity contribution in [2.75, 3.05) is 18.0 Å². The number of nitro benzene ring substituents is 1. The quantitative estimate of drug-likeness (QED) is 0.202. The summed E-state index contributed by atoms with van der Waals surface area (Å²) in [4.78, 5) is 26.4. The fourth-order valence-corrected chi connectivity index (χ4v) is 5.46. The molecule has 0 saturated carbocycles. The van der Waals surface area contributed by atoms with Gasteiger partial charge in [-0.25, -0.2) is 4.68 Å². The molecule has 1 amide bonds. The first-order valence-corrected chi connectivity index (χ1v) is 13.2. The number of carbonyl (C=O) groups is 1. The van der Waals surface area contributed by atoms with E-state index in [2.05, 4.69) is 26.3 Å². The van der Waals surface area contributed by atoms with Crippen molar-refractivity contribution in [1.82, 2.24) is 15.1 Å². The summed E-state index contributed by atoms with van der Waals surface area (Å²) < 4.78 is 42.5. The minimum absolute atomic E-state index is 0.112. The molecule has 2 atom stereocenters. The summed E-state index contributed by atoms with van der Waals surface area (Å²) in [6, 6.07) is 17.3. The average molecular weight is 614 g/mol. The van der Waals surface area contributed by atoms with Gasteiger partial charge in [-0.15, -0.1) is 0 Å². The highest BCUT2D eigenvalue weighted by molar-refractivity contribution is 9.10. The smallest absolute Gasteiger partial charge is 0.354 e. The third kappa shape index (κ3) is 5.31. The van der Waals surface area contributed by atoms with E-state index in [1.54, 1.807) is 23.0 Å². The van der Waals surface area contributed by atoms with Gasteiger partial charge in [0.15, 0.2) is 0 Å². The normalized spacial score (nSPS) is 16.9. The molecule has 1 aliphatic heterocycles. The molecule has 0 saturated heterocycles. The number of aromatic nitrogens is 2. The second-order valence-corrected chi connectivity index (χ2v) is 10.3. The lowest BCUT2D eigenvalue weighted by Crippen LogP contribution is -2.51. The number of nitrogens with one attached hydrogen (secondary N) is 1. The molecule has 0 bridgehead atoms. The summed E-state index contributed by atoms with van der Waals surface area (Å²) >= 11 is 3.49. The number of rotatable bonds is 6. The van der Waals surface area contributed by atoms with Crippen LogP contribution >= 0.6 is 15.9 Å². The Morgan fingerprint density at radius 3 is 2.58 bits per heavy atom. The molecule has 12 heteroatoms. The topological polar surface area (TPSA) is 93.3 Å². The van der Waals surface area contributed by atoms with E-state index in [4.69, 9.17) is 0 Å². The maximum Gasteiger partial charge on any atom is 0.416 e. The average Bonchev–Trinajstić information content (AvgIpc) is 3.37. The third-order valence-electron chi connectivity index (χ3n) is 6.87. The summed E-state index contributed by atoms with van der Waals surface area (Å²) in [6.45, 7) is 2.78. The molecule has 206 valence electrons. The first kappa shape index (κ1) is 27.4. The van der Waals surface area contributed by atoms with Gasteiger partial charge in [0.1, 0.15) is 5.82 Å². The second-order valence-electron chi connectivity index (χ2n) is 9.34. The largest absolute Gasteiger partial charge is 0.416 e. The van der Waals surface area contributed by atoms with Crippen LogP contribution in [0.4, 0.5) is 24.7 Å². The van der Waals surface area contributed by atoms with E-state index in [0.717, 1.165) is 33.7 Å². The van der Waals surface area contributed by atoms with Gasteiger partial charge in [-0.05, 0) is 48.9 Å². The molecule has 0 unspecified atom stereocenters. The number of fused-ring (bicyclic) bond motifs is 1. The van der Waals surface area contributed by atoms with Crippen LogP contribution in [-0.4, -0.2) is 39.7 Å². The first-order valence-electron chi connectivity index (χ1n) is 12.4. The predicted molar refractivity (Wildman–Crippen MR) is 147 cm³/mol. The van der Waals surface area contributed by atoms with Crippen LogP contribution < -0.4 is 10.2 Å². The van der Waals surface area contributed by atoms with Crippen LogP contribution in [0.25, 0.3) is 5.69 Å². The van der Waals surface area contributed by atoms with Crippen molar-refractivity contribution >= 4 is 33.3 Å². The standard InChI is InChI=1S/C28H23BrF3N5O3/c1-2-35-16-24(34-26(38)18-7-3-8-19(12-18)28(30,31)32)25(17-6-4-11-22(13-17)37(39)40)23-15-33-36(27(23)35)21-10-5-9-20(29)14-21/h3-15,24-25H,2,16H2,1H3,(H,34,38)/t24-,25-/m1/s1. The summed E-state index contributed by atoms with van der Waals surface area (Å²) in [6.07, 6.45) is -2.92. The summed E-state index contributed by atoms with van der Waals surface area (Å²) in [5.74, 6) is -0.472. The SMILES string of the molecule is CCN1C[C@@H](NC(=O)c2cccc(C(F)(F)F)c2)[C@H](c2cccc([N+](=O)[O-])c2)c2cnn(-c3cccc(Br)c3)c21. The van der Waals surface area contributed by atoms with Crippen LogP contribution in [0.2, 0.25) is 0 Å². The van der Waals surface area contributed by atoms with Crippen molar-refractivity contribution in [2.24, 2.45) is 0 Å². The molecule has 0 radical (unpaired) electrons. The molecular weight excluding hydrogens is 591 g/mol. The van der Waals surface area contributed by atoms with E-state index in [0.29, 0.717) is 18.7 Å². The number of anilines is 1. The zero-order valence-electron chi connectivity index (χ0n) is 21.1. The van der Waals surface area contributed by atoms with E-state index >= 15 is 0 Å². The van der Waals surface area contributed by atoms with Crippen LogP contribution in [0.3, 0.4) is 0 Å². The molecule has 3 aromatic carbocycles. The molecule has 40 heavy (non-hydrogen) atoms. The number of amides is 1. The van der Waals surface area contributed by atoms with Gasteiger partial charge in [0.25, 0.3) is 11.6 Å². The third-order valence-corrected chi connectivity index (χ3v) is 7.36. The maximum absolute atomic E-state index is 13.3. The highest BCUT2D eigenvalue weighted by Crippen LogP contribution is 2.41. The Morgan fingerprint density at radius 2 is 1.88 bits per heavy atom. The van der Waals surface area contributed by atoms with Gasteiger partial charge >= 0.3 is 6.18 Å². The van der Waals surface area contributed by atoms with E-state index < -0.39 is 34.5 Å². The van der Waals surface area contributed by atoms with Crippen LogP contribution in [0.1, 0.15) is 39.9 Å². The lowest BCUT2D eigenvalue weighted by atomic mass is 9.82. The van der Waals surface area contributed by atoms with E-state index in [1.807, 2.05) is 36.1 Å². The molecule has 0 aliphatic carbocycles. The first-order chi connectivity index (χ1) is 19.1. The zero-order valence-corrected chi connectivity index (χ0v) is 22.7. The lowest BCUT2D eigenvalue weighted by molar-refractivity contribution is -0.384. The monoisotopic (exact) mass is 613 g/mol. The fraction of sp³-hybridized carbons (Fsp3) is 0.214. The second kappa shape index (κ2) is 10.8. The maximum atomic E-state index is 13.3. The Bertz CT molecular complexity index is 1590. The van der Waals surface area contributed by atoms with Gasteiger partial charge in [0.2, 0.25) is 0 Å². The molecular formula is C28H23BrF3N5O3. The Labute approximate surface area is 235 Å². The number of nitrogens with zero attached hydrogens (tertiary/aromatic N) is 4. The summed E-state index contributed by atoms with van der Waals surface area (Å²) in [5.41, 5.74) is 0.924. The van der Waals surface area contributed by atoms with Gasteiger partial charge in [-0.3, -0.25) is 14.9 Å². The van der Waals surface area contributed by atoms with Crippen molar-refractivity contribution in [3.8, 4) is 5.69 Å². The molecule has 1 N–H and O–H groups in total. The molecule has 0 spiro atoms. The summed E-state index contributed by atoms with van der Waals surface area (Å²) in [7, 11) is 0. The van der Waals surface area contributed by atoms with Crippen LogP contribution in [0.15, 0.2) is 83.5 Å². The van der Waals surface area contributed by atoms with Crippen LogP contribution in [0.5, 0.6) is 0 Å². The van der Waals surface area contributed by atoms with Crippen molar-refractivity contribution < 1.29 is 22.9 Å². The zero-order chi connectivity index (χ0) is 28.6. The van der Waals surface area contributed by atoms with Gasteiger partial charge in [-0.2, -0.15) is 18.3 Å². The number of hydrogen-bond acceptors (Lipinski definition) is 5. The van der Waals surface area contributed by atoms with Crippen molar-refractivity contribution in [2.45, 2.75) is 25.1 Å². The van der Waals surface area contributed by atoms with Crippen LogP contribution in [0, 0.1) is 10.1 Å². The summed E-state index contributed by atoms with van der Waals surface area (Å²) in [5, 5.41) is 19.1. The molecule has 1 aromatic heterocycles. The number of alkyl halides is 3. The fourth-order valence-electron chi connectivity index (χ4n) is 5.07. The molecule has 2 heterocycles. The minimum Gasteiger partial charge on any atom is -0.354 e. The Hall–Kier alpha value is -4.19. The molecule has 5 rings (SSSR count). The number of likely N-dealkylation sites (N-methyl/N-ethyl adjacent to an activating group) is 1. The van der Waals surface area contributed by atoms with Crippen LogP contribution in [-0.2, 0) is 6.18 Å². The van der Waals surface area contributed by atoms with Gasteiger partial charge < -0.3 is 10.2 Å². The predicted octanol–water partition coefficient (Wildman–Crippen LogP) is 6.33. The highest BCUT2D eigenvalue weighted by atomic mass is 79.9. The number of carbonyl (C=O) groups excluding carboxylic acids is 1. The number of benzene rings is 3. The Morgan fingerprint density at radius 1 is 1.12 bits per heavy atom. The number of non-ortho nitro benzene ring substituents is 1. The van der Waals surface area contributed by atoms with Gasteiger partial charge in [0, 0.05) is 46.7 Å². The molecule has 1 aliphatic rings. The van der Waals surface area contributed by atoms with E-state index in [9.17, 15) is 28.1 Å². The van der Waals surface area contributed by atoms with Gasteiger partial charge in [-0.1, -0.05) is 40.2 Å². The number of hydrogen-bond donors (Lipinski definition) is 1. The molecule has 8 nitrogen and oxygen atoms in total. The van der Waals surface area contributed by atoms with E-state index in [-0.39, 0.29) is 11.3 Å². The highest BCUT2D eigenvalue weighted by Gasteiger charge is 2.39. The molecule has 4 aromatic rings. The van der Waals surface area contributed by atoms with E-state index in [1.165, 1.54) is 24.3 Å². The lowest BCUT2D eigenvalue weighted by Gasteiger charge is -2.40. The Kier molecular flexibility index (Phi) is 7.37. The van der Waals surface area contributed by atoms with Crippen molar-refractivity contribution in [1.29, 1.82) is 0 Å². The van der Waals surface area contributed by atoms with Gasteiger partial charge in [0.05, 0.1) is 28.4 Å². The number of halogens is 4. The minimum atomic E-state index is -4.60. The Balaban J connectivity index is 1.60. The van der Waals surface area contributed by atoms with Crippen molar-refractivity contribution in [3.63, 3.8) is 0 Å². The molecule has 0 fully saturated rings. The number of nitro groups is 1. The van der Waals surface area contributed by atoms with Crippen molar-refractivity contribution in [3.05, 3.63) is 116 Å².